The second kappa shape index (κ2) is 4.72. The summed E-state index contributed by atoms with van der Waals surface area (Å²) in [4.78, 5) is 11.4. The number of ether oxygens (including phenoxy) is 1. The number of esters is 1. The zero-order valence-corrected chi connectivity index (χ0v) is 8.51. The van der Waals surface area contributed by atoms with Crippen LogP contribution in [0.15, 0.2) is 0 Å². The molecule has 0 bridgehead atoms. The first-order valence-corrected chi connectivity index (χ1v) is 4.79. The molecule has 0 aromatic rings. The zero-order valence-electron chi connectivity index (χ0n) is 8.51. The normalized spacial score (nSPS) is 27.3. The van der Waals surface area contributed by atoms with Gasteiger partial charge in [0.2, 0.25) is 0 Å². The fourth-order valence-electron chi connectivity index (χ4n) is 1.95. The number of carbonyl (C=O) groups excluding carboxylic acids is 1. The largest absolute Gasteiger partial charge is 0.469 e. The van der Waals surface area contributed by atoms with Crippen LogP contribution in [0.3, 0.4) is 0 Å². The van der Waals surface area contributed by atoms with Gasteiger partial charge < -0.3 is 15.1 Å². The standard InChI is InChI=1S/C9H17NO4/c1-6(11)8(9(12)14-2)7-4-3-5-10(7)13/h6-8,11,13H,3-5H2,1-2H3/t6-,7+,8-/m1/s1. The molecule has 0 aliphatic carbocycles. The van der Waals surface area contributed by atoms with Crippen LogP contribution in [0.5, 0.6) is 0 Å². The van der Waals surface area contributed by atoms with Gasteiger partial charge in [0.05, 0.1) is 19.3 Å². The SMILES string of the molecule is COC(=O)[C@H]([C@@H](C)O)[C@@H]1CCCN1O. The number of hydrogen-bond acceptors (Lipinski definition) is 5. The van der Waals surface area contributed by atoms with Crippen LogP contribution in [0.25, 0.3) is 0 Å². The number of aliphatic hydroxyl groups is 1. The first-order valence-electron chi connectivity index (χ1n) is 4.79. The Morgan fingerprint density at radius 1 is 1.64 bits per heavy atom. The number of nitrogens with zero attached hydrogens (tertiary/aromatic N) is 1. The smallest absolute Gasteiger partial charge is 0.312 e. The summed E-state index contributed by atoms with van der Waals surface area (Å²) in [5.74, 6) is -1.13. The van der Waals surface area contributed by atoms with E-state index in [2.05, 4.69) is 4.74 Å². The minimum Gasteiger partial charge on any atom is -0.469 e. The van der Waals surface area contributed by atoms with Crippen molar-refractivity contribution in [1.82, 2.24) is 5.06 Å². The van der Waals surface area contributed by atoms with Gasteiger partial charge in [0.15, 0.2) is 0 Å². The van der Waals surface area contributed by atoms with Gasteiger partial charge >= 0.3 is 5.97 Å². The summed E-state index contributed by atoms with van der Waals surface area (Å²) in [6.07, 6.45) is 0.739. The van der Waals surface area contributed by atoms with Crippen molar-refractivity contribution >= 4 is 5.97 Å². The zero-order chi connectivity index (χ0) is 10.7. The fourth-order valence-corrected chi connectivity index (χ4v) is 1.95. The summed E-state index contributed by atoms with van der Waals surface area (Å²) in [5.41, 5.74) is 0. The minimum absolute atomic E-state index is 0.317. The molecule has 5 nitrogen and oxygen atoms in total. The Morgan fingerprint density at radius 3 is 2.64 bits per heavy atom. The summed E-state index contributed by atoms with van der Waals surface area (Å²) in [7, 11) is 1.29. The third-order valence-electron chi connectivity index (χ3n) is 2.68. The van der Waals surface area contributed by atoms with Gasteiger partial charge in [-0.15, -0.1) is 0 Å². The molecule has 82 valence electrons. The lowest BCUT2D eigenvalue weighted by molar-refractivity contribution is -0.167. The van der Waals surface area contributed by atoms with Crippen LogP contribution in [0.1, 0.15) is 19.8 Å². The van der Waals surface area contributed by atoms with Gasteiger partial charge in [-0.05, 0) is 19.8 Å². The third kappa shape index (κ3) is 2.23. The van der Waals surface area contributed by atoms with Crippen molar-refractivity contribution in [2.24, 2.45) is 5.92 Å². The lowest BCUT2D eigenvalue weighted by atomic mass is 9.93. The summed E-state index contributed by atoms with van der Waals surface area (Å²) >= 11 is 0. The second-order valence-electron chi connectivity index (χ2n) is 3.66. The quantitative estimate of drug-likeness (QED) is 0.632. The lowest BCUT2D eigenvalue weighted by Gasteiger charge is -2.27. The predicted molar refractivity (Wildman–Crippen MR) is 48.7 cm³/mol. The van der Waals surface area contributed by atoms with Crippen LogP contribution < -0.4 is 0 Å². The molecule has 0 aromatic carbocycles. The van der Waals surface area contributed by atoms with Crippen molar-refractivity contribution in [2.45, 2.75) is 31.9 Å². The van der Waals surface area contributed by atoms with Crippen LogP contribution in [-0.2, 0) is 9.53 Å². The highest BCUT2D eigenvalue weighted by molar-refractivity contribution is 5.73. The maximum atomic E-state index is 11.4. The highest BCUT2D eigenvalue weighted by Gasteiger charge is 2.39. The van der Waals surface area contributed by atoms with Crippen molar-refractivity contribution in [2.75, 3.05) is 13.7 Å². The molecule has 0 aromatic heterocycles. The summed E-state index contributed by atoms with van der Waals surface area (Å²) < 4.78 is 4.60. The number of carbonyl (C=O) groups is 1. The molecular formula is C9H17NO4. The Labute approximate surface area is 83.2 Å². The van der Waals surface area contributed by atoms with Gasteiger partial charge in [0.25, 0.3) is 0 Å². The lowest BCUT2D eigenvalue weighted by Crippen LogP contribution is -2.43. The van der Waals surface area contributed by atoms with Gasteiger partial charge in [-0.1, -0.05) is 0 Å². The van der Waals surface area contributed by atoms with E-state index in [0.717, 1.165) is 11.5 Å². The number of methoxy groups -OCH3 is 1. The summed E-state index contributed by atoms with van der Waals surface area (Å²) in [6.45, 7) is 2.08. The molecule has 1 rings (SSSR count). The molecule has 0 saturated carbocycles. The fraction of sp³-hybridized carbons (Fsp3) is 0.889. The van der Waals surface area contributed by atoms with Crippen LogP contribution >= 0.6 is 0 Å². The molecule has 1 heterocycles. The van der Waals surface area contributed by atoms with E-state index in [9.17, 15) is 15.1 Å². The molecule has 1 saturated heterocycles. The van der Waals surface area contributed by atoms with Gasteiger partial charge in [-0.3, -0.25) is 4.79 Å². The minimum atomic E-state index is -0.805. The molecule has 0 spiro atoms. The van der Waals surface area contributed by atoms with E-state index in [4.69, 9.17) is 0 Å². The number of aliphatic hydroxyl groups excluding tert-OH is 1. The first kappa shape index (κ1) is 11.4. The van der Waals surface area contributed by atoms with Crippen molar-refractivity contribution < 1.29 is 19.8 Å². The van der Waals surface area contributed by atoms with Crippen molar-refractivity contribution in [3.05, 3.63) is 0 Å². The highest BCUT2D eigenvalue weighted by Crippen LogP contribution is 2.25. The molecule has 14 heavy (non-hydrogen) atoms. The van der Waals surface area contributed by atoms with Crippen LogP contribution in [-0.4, -0.2) is 47.1 Å². The van der Waals surface area contributed by atoms with Crippen molar-refractivity contribution in [3.63, 3.8) is 0 Å². The first-order chi connectivity index (χ1) is 6.57. The molecule has 2 N–H and O–H groups in total. The molecule has 1 aliphatic rings. The molecule has 0 unspecified atom stereocenters. The van der Waals surface area contributed by atoms with E-state index in [1.807, 2.05) is 0 Å². The average Bonchev–Trinajstić information content (AvgIpc) is 2.52. The van der Waals surface area contributed by atoms with Gasteiger partial charge in [0, 0.05) is 6.54 Å². The van der Waals surface area contributed by atoms with E-state index in [1.165, 1.54) is 14.0 Å². The van der Waals surface area contributed by atoms with Gasteiger partial charge in [0.1, 0.15) is 5.92 Å². The maximum Gasteiger partial charge on any atom is 0.312 e. The van der Waals surface area contributed by atoms with Crippen LogP contribution in [0.2, 0.25) is 0 Å². The van der Waals surface area contributed by atoms with E-state index >= 15 is 0 Å². The van der Waals surface area contributed by atoms with Crippen LogP contribution in [0.4, 0.5) is 0 Å². The van der Waals surface area contributed by atoms with Gasteiger partial charge in [-0.2, -0.15) is 5.06 Å². The molecule has 3 atom stereocenters. The Morgan fingerprint density at radius 2 is 2.29 bits per heavy atom. The van der Waals surface area contributed by atoms with Crippen molar-refractivity contribution in [3.8, 4) is 0 Å². The molecular weight excluding hydrogens is 186 g/mol. The van der Waals surface area contributed by atoms with E-state index in [1.54, 1.807) is 0 Å². The molecule has 0 radical (unpaired) electrons. The number of hydrogen-bond donors (Lipinski definition) is 2. The summed E-state index contributed by atoms with van der Waals surface area (Å²) in [5, 5.41) is 20.0. The predicted octanol–water partition coefficient (Wildman–Crippen LogP) is 0.0100. The Kier molecular flexibility index (Phi) is 3.86. The maximum absolute atomic E-state index is 11.4. The highest BCUT2D eigenvalue weighted by atomic mass is 16.5. The Balaban J connectivity index is 2.71. The third-order valence-corrected chi connectivity index (χ3v) is 2.68. The average molecular weight is 203 g/mol. The molecule has 0 amide bonds. The summed E-state index contributed by atoms with van der Waals surface area (Å²) in [6, 6.07) is -0.317. The van der Waals surface area contributed by atoms with Crippen molar-refractivity contribution in [1.29, 1.82) is 0 Å². The topological polar surface area (TPSA) is 70.0 Å². The molecule has 1 aliphatic heterocycles. The Bertz CT molecular complexity index is 207. The van der Waals surface area contributed by atoms with E-state index in [0.29, 0.717) is 13.0 Å². The number of rotatable bonds is 3. The van der Waals surface area contributed by atoms with Gasteiger partial charge in [-0.25, -0.2) is 0 Å². The van der Waals surface area contributed by atoms with E-state index in [-0.39, 0.29) is 6.04 Å². The number of hydroxylamine groups is 2. The van der Waals surface area contributed by atoms with Crippen LogP contribution in [0, 0.1) is 5.92 Å². The van der Waals surface area contributed by atoms with E-state index < -0.39 is 18.0 Å². The monoisotopic (exact) mass is 203 g/mol. The molecule has 1 fully saturated rings. The molecule has 5 heteroatoms. The Hall–Kier alpha value is -0.650. The second-order valence-corrected chi connectivity index (χ2v) is 3.66.